The van der Waals surface area contributed by atoms with E-state index in [2.05, 4.69) is 71.6 Å². The Balaban J connectivity index is 0.734. The zero-order chi connectivity index (χ0) is 57.5. The maximum absolute atomic E-state index is 14.3. The highest BCUT2D eigenvalue weighted by atomic mass is 16.2. The molecule has 4 fully saturated rings. The number of fused-ring (bicyclic) bond motifs is 2. The number of rotatable bonds is 24. The summed E-state index contributed by atoms with van der Waals surface area (Å²) in [6.07, 6.45) is 19.6. The Morgan fingerprint density at radius 3 is 1.60 bits per heavy atom. The van der Waals surface area contributed by atoms with Crippen LogP contribution in [0.5, 0.6) is 0 Å². The molecule has 0 bridgehead atoms. The van der Waals surface area contributed by atoms with Gasteiger partial charge in [0.15, 0.2) is 6.17 Å². The number of nitrogens with zero attached hydrogens (tertiary/aromatic N) is 8. The second-order valence-corrected chi connectivity index (χ2v) is 23.0. The predicted molar refractivity (Wildman–Crippen MR) is 309 cm³/mol. The van der Waals surface area contributed by atoms with Crippen molar-refractivity contribution in [2.45, 2.75) is 203 Å². The average Bonchev–Trinajstić information content (AvgIpc) is 4.39. The number of hydrogen-bond donors (Lipinski definition) is 6. The molecule has 6 N–H and O–H groups in total. The largest absolute Gasteiger partial charge is 0.343 e. The third-order valence-corrected chi connectivity index (χ3v) is 17.4. The molecule has 20 nitrogen and oxygen atoms in total. The van der Waals surface area contributed by atoms with Crippen molar-refractivity contribution >= 4 is 35.4 Å². The SMILES string of the molecule is CN[C@@H](C)C(=O)NC1CCCCC2CC[C@@H](C(=O)N[C@@H](c3ccccc3)c3cn(CCCCc4ccc(CCCCn5c[n+]([C@@H](NC(=O)[C@@H]6CCC7CCCCC(NC(=O)[C@H](C)NC)C(=O)N76)c6ccccc6)cn5)cc4)nn3)N2C1=O. The molecule has 4 aliphatic rings. The highest BCUT2D eigenvalue weighted by Gasteiger charge is 2.46. The van der Waals surface area contributed by atoms with Crippen molar-refractivity contribution in [3.05, 3.63) is 132 Å². The van der Waals surface area contributed by atoms with Gasteiger partial charge in [-0.2, -0.15) is 0 Å². The molecule has 4 aliphatic heterocycles. The van der Waals surface area contributed by atoms with E-state index in [0.29, 0.717) is 44.5 Å². The van der Waals surface area contributed by atoms with Crippen molar-refractivity contribution in [3.63, 3.8) is 0 Å². The van der Waals surface area contributed by atoms with E-state index in [1.807, 2.05) is 87.1 Å². The molecule has 0 radical (unpaired) electrons. The smallest absolute Gasteiger partial charge is 0.267 e. The summed E-state index contributed by atoms with van der Waals surface area (Å²) in [5, 5.41) is 32.1. The van der Waals surface area contributed by atoms with Crippen LogP contribution in [0.4, 0.5) is 0 Å². The second kappa shape index (κ2) is 28.6. The third kappa shape index (κ3) is 14.8. The van der Waals surface area contributed by atoms with Gasteiger partial charge in [0.2, 0.25) is 41.8 Å². The van der Waals surface area contributed by atoms with Crippen LogP contribution in [-0.2, 0) is 54.7 Å². The van der Waals surface area contributed by atoms with Crippen molar-refractivity contribution in [2.75, 3.05) is 14.1 Å². The Labute approximate surface area is 482 Å². The molecule has 82 heavy (non-hydrogen) atoms. The monoisotopic (exact) mass is 1120 g/mol. The van der Waals surface area contributed by atoms with Gasteiger partial charge in [0.05, 0.1) is 24.3 Å². The quantitative estimate of drug-likeness (QED) is 0.0365. The number of likely N-dealkylation sites (N-methyl/N-ethyl adjacent to an activating group) is 2. The molecule has 0 saturated carbocycles. The normalized spacial score (nSPS) is 22.5. The van der Waals surface area contributed by atoms with Crippen molar-refractivity contribution in [2.24, 2.45) is 0 Å². The van der Waals surface area contributed by atoms with E-state index in [4.69, 9.17) is 0 Å². The highest BCUT2D eigenvalue weighted by Crippen LogP contribution is 2.34. The maximum Gasteiger partial charge on any atom is 0.267 e. The molecule has 4 unspecified atom stereocenters. The van der Waals surface area contributed by atoms with Gasteiger partial charge in [-0.15, -0.1) is 9.78 Å². The van der Waals surface area contributed by atoms with E-state index in [0.717, 1.165) is 101 Å². The molecule has 5 aromatic rings. The van der Waals surface area contributed by atoms with Gasteiger partial charge in [0, 0.05) is 29.3 Å². The Morgan fingerprint density at radius 2 is 1.07 bits per heavy atom. The fourth-order valence-electron chi connectivity index (χ4n) is 12.3. The molecule has 0 aliphatic carbocycles. The van der Waals surface area contributed by atoms with Crippen LogP contribution in [0.15, 0.2) is 104 Å². The van der Waals surface area contributed by atoms with Gasteiger partial charge in [-0.25, -0.2) is 4.57 Å². The summed E-state index contributed by atoms with van der Waals surface area (Å²) in [5.41, 5.74) is 4.95. The minimum Gasteiger partial charge on any atom is -0.343 e. The second-order valence-electron chi connectivity index (χ2n) is 23.0. The number of carbonyl (C=O) groups excluding carboxylic acids is 6. The van der Waals surface area contributed by atoms with Crippen molar-refractivity contribution in [1.82, 2.24) is 66.5 Å². The molecule has 438 valence electrons. The molecule has 10 atom stereocenters. The maximum atomic E-state index is 14.3. The first kappa shape index (κ1) is 59.3. The molecule has 6 amide bonds. The number of carbonyl (C=O) groups is 6. The lowest BCUT2D eigenvalue weighted by Gasteiger charge is -2.36. The summed E-state index contributed by atoms with van der Waals surface area (Å²) in [5.74, 6) is -1.27. The number of amides is 6. The summed E-state index contributed by atoms with van der Waals surface area (Å²) in [6.45, 7) is 4.91. The van der Waals surface area contributed by atoms with E-state index < -0.39 is 48.5 Å². The molecule has 4 saturated heterocycles. The molecule has 6 heterocycles. The van der Waals surface area contributed by atoms with E-state index in [-0.39, 0.29) is 47.5 Å². The lowest BCUT2D eigenvalue weighted by atomic mass is 9.98. The van der Waals surface area contributed by atoms with Crippen molar-refractivity contribution in [1.29, 1.82) is 0 Å². The zero-order valence-corrected chi connectivity index (χ0v) is 48.3. The van der Waals surface area contributed by atoms with Crippen LogP contribution in [0.1, 0.15) is 157 Å². The van der Waals surface area contributed by atoms with E-state index in [1.165, 1.54) is 11.1 Å². The van der Waals surface area contributed by atoms with Crippen LogP contribution in [0.3, 0.4) is 0 Å². The van der Waals surface area contributed by atoms with Crippen LogP contribution in [0.2, 0.25) is 0 Å². The number of benzene rings is 3. The zero-order valence-electron chi connectivity index (χ0n) is 48.3. The Bertz CT molecular complexity index is 2720. The van der Waals surface area contributed by atoms with Gasteiger partial charge in [0.1, 0.15) is 36.4 Å². The Hall–Kier alpha value is -7.32. The fraction of sp³-hybridized carbons (Fsp3) is 0.548. The molecule has 20 heteroatoms. The fourth-order valence-corrected chi connectivity index (χ4v) is 12.3. The summed E-state index contributed by atoms with van der Waals surface area (Å²) in [7, 11) is 3.43. The molecule has 9 rings (SSSR count). The number of aromatic nitrogens is 6. The minimum absolute atomic E-state index is 0.0395. The summed E-state index contributed by atoms with van der Waals surface area (Å²) < 4.78 is 5.67. The molecule has 3 aromatic carbocycles. The molecular weight excluding hydrogens is 1040 g/mol. The summed E-state index contributed by atoms with van der Waals surface area (Å²) >= 11 is 0. The Kier molecular flexibility index (Phi) is 20.7. The van der Waals surface area contributed by atoms with E-state index >= 15 is 0 Å². The number of hydrogen-bond acceptors (Lipinski definition) is 11. The van der Waals surface area contributed by atoms with E-state index in [9.17, 15) is 28.8 Å². The van der Waals surface area contributed by atoms with Gasteiger partial charge in [-0.1, -0.05) is 116 Å². The number of unbranched alkanes of at least 4 members (excludes halogenated alkanes) is 2. The lowest BCUT2D eigenvalue weighted by Crippen LogP contribution is -2.59. The molecule has 2 aromatic heterocycles. The van der Waals surface area contributed by atoms with Crippen LogP contribution in [0.25, 0.3) is 0 Å². The molecule has 0 spiro atoms. The van der Waals surface area contributed by atoms with Crippen molar-refractivity contribution in [3.8, 4) is 0 Å². The first-order chi connectivity index (χ1) is 39.9. The summed E-state index contributed by atoms with van der Waals surface area (Å²) in [4.78, 5) is 86.0. The minimum atomic E-state index is -0.675. The van der Waals surface area contributed by atoms with Crippen LogP contribution < -0.4 is 36.5 Å². The number of nitrogens with one attached hydrogen (secondary N) is 6. The topological polar surface area (TPSA) is 233 Å². The predicted octanol–water partition coefficient (Wildman–Crippen LogP) is 4.73. The first-order valence-electron chi connectivity index (χ1n) is 30.1. The first-order valence-corrected chi connectivity index (χ1v) is 30.1. The van der Waals surface area contributed by atoms with Gasteiger partial charge >= 0.3 is 0 Å². The van der Waals surface area contributed by atoms with Crippen LogP contribution in [0, 0.1) is 0 Å². The summed E-state index contributed by atoms with van der Waals surface area (Å²) in [6, 6.07) is 24.3. The van der Waals surface area contributed by atoms with Gasteiger partial charge < -0.3 is 41.7 Å². The van der Waals surface area contributed by atoms with Crippen LogP contribution >= 0.6 is 0 Å². The van der Waals surface area contributed by atoms with Gasteiger partial charge in [-0.3, -0.25) is 33.4 Å². The van der Waals surface area contributed by atoms with Gasteiger partial charge in [0.25, 0.3) is 6.33 Å². The lowest BCUT2D eigenvalue weighted by molar-refractivity contribution is -0.718. The van der Waals surface area contributed by atoms with Crippen molar-refractivity contribution < 1.29 is 33.3 Å². The third-order valence-electron chi connectivity index (χ3n) is 17.4. The van der Waals surface area contributed by atoms with E-state index in [1.54, 1.807) is 44.1 Å². The highest BCUT2D eigenvalue weighted by molar-refractivity contribution is 5.95. The van der Waals surface area contributed by atoms with Gasteiger partial charge in [-0.05, 0) is 135 Å². The Morgan fingerprint density at radius 1 is 0.585 bits per heavy atom. The van der Waals surface area contributed by atoms with Crippen LogP contribution in [-0.4, -0.2) is 132 Å². The standard InChI is InChI=1S/C62H84N14O6/c1-42(63-3)57(77)66-50-27-13-11-25-48-33-35-53(75(48)61(50)81)59(79)68-55(46-21-7-5-8-22-46)52-39-73(71-70-52)37-17-15-19-44-29-31-45(32-30-44)20-16-18-38-74-41-72(40-65-74)56(47-23-9-6-10-24-47)69-60(80)54-36-34-49-26-12-14-28-51(62(82)76(49)54)67-58(78)43(2)64-4/h5-10,21-24,29-32,39-43,48-51,53-56,63-64H,11-20,25-28,33-38H2,1-4H3,(H3-,66,67,68,69,77,78,79,80)/p+1/t42-,43-,48?,49?,50?,51?,53-,54-,55-,56+/m0/s1. The number of aryl methyl sites for hydroxylation is 4. The average molecular weight is 1120 g/mol. The molecular formula is C62H85N14O6+.